The van der Waals surface area contributed by atoms with Crippen molar-refractivity contribution in [3.05, 3.63) is 29.3 Å². The molecule has 0 radical (unpaired) electrons. The number of aromatic nitrogens is 8. The minimum Gasteiger partial charge on any atom is -0.456 e. The van der Waals surface area contributed by atoms with E-state index < -0.39 is 87.3 Å². The normalized spacial score (nSPS) is 32.5. The Labute approximate surface area is 328 Å². The number of aromatic amines is 1. The highest BCUT2D eigenvalue weighted by molar-refractivity contribution is 8.07. The summed E-state index contributed by atoms with van der Waals surface area (Å²) in [6.45, 7) is -7.83. The molecular formula is C30H41FN10O11P2S2. The minimum atomic E-state index is -4.38. The lowest BCUT2D eigenvalue weighted by molar-refractivity contribution is -0.156. The number of fused-ring (bicyclic) bond motifs is 5. The maximum atomic E-state index is 16.3. The van der Waals surface area contributed by atoms with Crippen LogP contribution in [0.25, 0.3) is 22.3 Å². The number of imidazole rings is 2. The van der Waals surface area contributed by atoms with Crippen LogP contribution in [0.5, 0.6) is 0 Å². The van der Waals surface area contributed by atoms with Crippen LogP contribution in [0.3, 0.4) is 0 Å². The molecule has 21 nitrogen and oxygen atoms in total. The van der Waals surface area contributed by atoms with Gasteiger partial charge < -0.3 is 44.5 Å². The summed E-state index contributed by atoms with van der Waals surface area (Å²) in [7, 11) is 0. The van der Waals surface area contributed by atoms with E-state index in [1.807, 2.05) is 0 Å². The molecule has 306 valence electrons. The quantitative estimate of drug-likeness (QED) is 0.0823. The van der Waals surface area contributed by atoms with Gasteiger partial charge in [0.2, 0.25) is 5.95 Å². The predicted molar refractivity (Wildman–Crippen MR) is 202 cm³/mol. The lowest BCUT2D eigenvalue weighted by Crippen LogP contribution is -2.39. The zero-order valence-corrected chi connectivity index (χ0v) is 33.3. The van der Waals surface area contributed by atoms with Crippen LogP contribution in [0.4, 0.5) is 16.2 Å². The van der Waals surface area contributed by atoms with Crippen molar-refractivity contribution >= 4 is 77.1 Å². The van der Waals surface area contributed by atoms with E-state index in [1.54, 1.807) is 0 Å². The Balaban J connectivity index is 1.18. The molecular weight excluding hydrogens is 821 g/mol. The fraction of sp³-hybridized carbons (Fsp3) is 0.633. The number of halogens is 1. The Morgan fingerprint density at radius 2 is 1.54 bits per heavy atom. The van der Waals surface area contributed by atoms with Crippen LogP contribution in [0.2, 0.25) is 0 Å². The maximum Gasteiger partial charge on any atom is 0.325 e. The third kappa shape index (κ3) is 8.81. The number of carbonyl (C=O) groups excluding carboxylic acids is 1. The van der Waals surface area contributed by atoms with E-state index in [0.717, 1.165) is 38.5 Å². The second-order valence-corrected chi connectivity index (χ2v) is 19.0. The molecule has 3 aliphatic rings. The zero-order valence-electron chi connectivity index (χ0n) is 29.9. The van der Waals surface area contributed by atoms with Crippen molar-refractivity contribution in [2.75, 3.05) is 24.7 Å². The van der Waals surface area contributed by atoms with Crippen LogP contribution < -0.4 is 17.0 Å². The number of hydrogen-bond acceptors (Lipinski definition) is 18. The summed E-state index contributed by atoms with van der Waals surface area (Å²) in [6, 6.07) is 0. The maximum absolute atomic E-state index is 16.3. The lowest BCUT2D eigenvalue weighted by Gasteiger charge is -2.28. The lowest BCUT2D eigenvalue weighted by atomic mass is 10.1. The van der Waals surface area contributed by atoms with Gasteiger partial charge in [-0.3, -0.25) is 32.8 Å². The van der Waals surface area contributed by atoms with E-state index in [1.165, 1.54) is 28.1 Å². The molecule has 3 aliphatic heterocycles. The number of nitrogens with one attached hydrogen (secondary N) is 1. The molecule has 0 spiro atoms. The van der Waals surface area contributed by atoms with Gasteiger partial charge in [0.05, 0.1) is 25.9 Å². The van der Waals surface area contributed by atoms with Gasteiger partial charge in [-0.1, -0.05) is 45.4 Å². The third-order valence-electron chi connectivity index (χ3n) is 9.50. The smallest absolute Gasteiger partial charge is 0.325 e. The fourth-order valence-corrected chi connectivity index (χ4v) is 9.67. The Morgan fingerprint density at radius 1 is 0.911 bits per heavy atom. The standard InChI is InChI=1S/C30H41FN10O11P2S2/c1-2-3-4-5-6-7-8-9-17(42)50-22-16-11-47-53(44,55)51-21-15(48-28(18(21)31)40-13-36-19-24(32)34-12-35-25(19)40)10-46-54(45,56)52-23(22)29(49-16)41-14-37-20-26(41)38-30(33)39-27(20)43/h12-16,18,21-23,28-29H,2-11H2,1H3,(H,44,55)(H,45,56)(H2,32,34,35)(H3,33,38,39,43)/t15-,16-,18-,21-,22-,23-,28-,29-,53?,54?/m1/s1. The van der Waals surface area contributed by atoms with Gasteiger partial charge in [-0.05, 0) is 30.0 Å². The van der Waals surface area contributed by atoms with Gasteiger partial charge in [-0.25, -0.2) is 24.3 Å². The first-order chi connectivity index (χ1) is 26.7. The summed E-state index contributed by atoms with van der Waals surface area (Å²) in [6.07, 6.45) is -1.53. The molecule has 0 amide bonds. The number of nitrogens with zero attached hydrogens (tertiary/aromatic N) is 7. The highest BCUT2D eigenvalue weighted by Crippen LogP contribution is 2.54. The van der Waals surface area contributed by atoms with E-state index in [0.29, 0.717) is 6.42 Å². The average molecular weight is 863 g/mol. The number of H-pyrrole nitrogens is 1. The number of ether oxygens (including phenoxy) is 3. The molecule has 0 aromatic carbocycles. The first kappa shape index (κ1) is 41.1. The Bertz CT molecular complexity index is 2220. The summed E-state index contributed by atoms with van der Waals surface area (Å²) in [5.41, 5.74) is 11.3. The largest absolute Gasteiger partial charge is 0.456 e. The summed E-state index contributed by atoms with van der Waals surface area (Å²) >= 11 is 10.8. The SMILES string of the molecule is CCCCCCCCCC(=O)O[C@H]1[C@H]2OP(O)(=S)OC[C@H]3O[C@@H](n4cnc5c(N)ncnc54)[C@H](F)[C@@H]3OP(O)(=S)OC[C@H]1O[C@H]2n1cnc2c(=O)[nH]c(N)nc21. The number of nitrogen functional groups attached to an aromatic ring is 2. The zero-order chi connectivity index (χ0) is 39.8. The number of nitrogens with two attached hydrogens (primary N) is 2. The molecule has 3 fully saturated rings. The number of alkyl halides is 1. The van der Waals surface area contributed by atoms with Crippen LogP contribution in [-0.2, 0) is 60.7 Å². The second kappa shape index (κ2) is 17.0. The molecule has 7 N–H and O–H groups in total. The average Bonchev–Trinajstić information content (AvgIpc) is 3.91. The predicted octanol–water partition coefficient (Wildman–Crippen LogP) is 2.56. The molecule has 56 heavy (non-hydrogen) atoms. The Hall–Kier alpha value is -3.12. The van der Waals surface area contributed by atoms with E-state index in [-0.39, 0.29) is 40.5 Å². The van der Waals surface area contributed by atoms with Gasteiger partial charge in [0, 0.05) is 6.42 Å². The molecule has 2 unspecified atom stereocenters. The van der Waals surface area contributed by atoms with Crippen molar-refractivity contribution in [3.63, 3.8) is 0 Å². The number of esters is 1. The fourth-order valence-electron chi connectivity index (χ4n) is 6.83. The van der Waals surface area contributed by atoms with Crippen molar-refractivity contribution in [1.29, 1.82) is 0 Å². The van der Waals surface area contributed by atoms with E-state index in [9.17, 15) is 19.4 Å². The first-order valence-corrected chi connectivity index (χ1v) is 23.0. The monoisotopic (exact) mass is 862 g/mol. The van der Waals surface area contributed by atoms with Crippen LogP contribution in [0.15, 0.2) is 23.8 Å². The van der Waals surface area contributed by atoms with Gasteiger partial charge in [-0.2, -0.15) is 4.98 Å². The number of rotatable bonds is 11. The van der Waals surface area contributed by atoms with Crippen molar-refractivity contribution in [1.82, 2.24) is 39.0 Å². The number of hydrogen-bond donors (Lipinski definition) is 5. The van der Waals surface area contributed by atoms with Crippen molar-refractivity contribution in [3.8, 4) is 0 Å². The summed E-state index contributed by atoms with van der Waals surface area (Å²) < 4.78 is 60.4. The highest BCUT2D eigenvalue weighted by Gasteiger charge is 2.54. The number of anilines is 2. The van der Waals surface area contributed by atoms with E-state index in [4.69, 9.17) is 67.4 Å². The molecule has 4 aromatic rings. The van der Waals surface area contributed by atoms with Gasteiger partial charge in [0.15, 0.2) is 53.5 Å². The van der Waals surface area contributed by atoms with Crippen LogP contribution in [0, 0.1) is 0 Å². The van der Waals surface area contributed by atoms with E-state index in [2.05, 4.69) is 36.8 Å². The van der Waals surface area contributed by atoms with Crippen LogP contribution in [-0.4, -0.2) is 105 Å². The van der Waals surface area contributed by atoms with Crippen molar-refractivity contribution in [2.24, 2.45) is 0 Å². The molecule has 7 rings (SSSR count). The van der Waals surface area contributed by atoms with Gasteiger partial charge in [0.25, 0.3) is 5.56 Å². The third-order valence-corrected chi connectivity index (χ3v) is 12.6. The van der Waals surface area contributed by atoms with Crippen molar-refractivity contribution in [2.45, 2.75) is 107 Å². The topological polar surface area (TPSA) is 281 Å². The van der Waals surface area contributed by atoms with Gasteiger partial charge >= 0.3 is 19.4 Å². The van der Waals surface area contributed by atoms with E-state index >= 15 is 4.39 Å². The minimum absolute atomic E-state index is 0.0373. The van der Waals surface area contributed by atoms with Crippen molar-refractivity contribution < 1.29 is 51.3 Å². The molecule has 0 aliphatic carbocycles. The van der Waals surface area contributed by atoms with Gasteiger partial charge in [0.1, 0.15) is 30.2 Å². The Morgan fingerprint density at radius 3 is 2.27 bits per heavy atom. The highest BCUT2D eigenvalue weighted by atomic mass is 32.5. The van der Waals surface area contributed by atoms with Crippen LogP contribution >= 0.6 is 13.4 Å². The number of carbonyl (C=O) groups is 1. The molecule has 2 bridgehead atoms. The molecule has 3 saturated heterocycles. The summed E-state index contributed by atoms with van der Waals surface area (Å²) in [5, 5.41) is 0. The molecule has 0 saturated carbocycles. The second-order valence-electron chi connectivity index (χ2n) is 13.4. The molecule has 10 atom stereocenters. The summed E-state index contributed by atoms with van der Waals surface area (Å²) in [4.78, 5) is 71.7. The molecule has 4 aromatic heterocycles. The van der Waals surface area contributed by atoms with Crippen LogP contribution in [0.1, 0.15) is 70.7 Å². The summed E-state index contributed by atoms with van der Waals surface area (Å²) in [5.74, 6) is -0.804. The molecule has 26 heteroatoms. The number of unbranched alkanes of at least 4 members (excludes halogenated alkanes) is 6. The first-order valence-electron chi connectivity index (χ1n) is 17.9. The van der Waals surface area contributed by atoms with Gasteiger partial charge in [-0.15, -0.1) is 0 Å². The Kier molecular flexibility index (Phi) is 12.5. The molecule has 7 heterocycles.